The van der Waals surface area contributed by atoms with Crippen LogP contribution in [0.1, 0.15) is 10.6 Å². The third kappa shape index (κ3) is 1.77. The van der Waals surface area contributed by atoms with Crippen LogP contribution in [-0.2, 0) is 0 Å². The number of anilines is 1. The maximum atomic E-state index is 11.8. The van der Waals surface area contributed by atoms with Gasteiger partial charge in [0.1, 0.15) is 0 Å². The molecule has 3 aromatic rings. The lowest BCUT2D eigenvalue weighted by Gasteiger charge is -2.05. The number of carbonyl (C=O) groups is 1. The van der Waals surface area contributed by atoms with Crippen molar-refractivity contribution in [3.63, 3.8) is 0 Å². The summed E-state index contributed by atoms with van der Waals surface area (Å²) in [5.74, 6) is -0.440. The summed E-state index contributed by atoms with van der Waals surface area (Å²) < 4.78 is 0. The van der Waals surface area contributed by atoms with Crippen molar-refractivity contribution in [2.75, 3.05) is 5.32 Å². The van der Waals surface area contributed by atoms with Crippen molar-refractivity contribution in [1.29, 1.82) is 0 Å². The molecule has 3 rings (SSSR count). The van der Waals surface area contributed by atoms with E-state index in [1.54, 1.807) is 12.3 Å². The van der Waals surface area contributed by atoms with Crippen molar-refractivity contribution in [3.8, 4) is 0 Å². The van der Waals surface area contributed by atoms with Crippen molar-refractivity contribution in [1.82, 2.24) is 25.6 Å². The molecule has 0 aliphatic carbocycles. The number of hydrogen-bond acceptors (Lipinski definition) is 5. The molecule has 2 N–H and O–H groups in total. The molecule has 0 atom stereocenters. The number of fused-ring (bicyclic) bond motifs is 1. The summed E-state index contributed by atoms with van der Waals surface area (Å²) >= 11 is 0. The number of pyridine rings is 1. The first kappa shape index (κ1) is 10.3. The standard InChI is InChI=1S/C11H8N6O/c18-11(10-14-16-17-15-10)13-8-5-1-3-7-4-2-6-12-9(7)8/h1-6H,(H,13,18)(H,14,15,16,17). The second kappa shape index (κ2) is 4.21. The number of H-pyrrole nitrogens is 1. The number of hydrogen-bond donors (Lipinski definition) is 2. The number of para-hydroxylation sites is 1. The number of benzene rings is 1. The van der Waals surface area contributed by atoms with E-state index < -0.39 is 5.91 Å². The van der Waals surface area contributed by atoms with E-state index in [1.807, 2.05) is 24.3 Å². The fourth-order valence-electron chi connectivity index (χ4n) is 1.64. The van der Waals surface area contributed by atoms with Crippen LogP contribution in [0.15, 0.2) is 36.5 Å². The lowest BCUT2D eigenvalue weighted by molar-refractivity contribution is 0.101. The van der Waals surface area contributed by atoms with Crippen molar-refractivity contribution in [2.24, 2.45) is 0 Å². The molecule has 7 heteroatoms. The van der Waals surface area contributed by atoms with Gasteiger partial charge in [-0.1, -0.05) is 18.2 Å². The third-order valence-corrected chi connectivity index (χ3v) is 2.43. The number of tetrazole rings is 1. The zero-order chi connectivity index (χ0) is 12.4. The Morgan fingerprint density at radius 2 is 2.11 bits per heavy atom. The molecular formula is C11H8N6O. The number of amides is 1. The van der Waals surface area contributed by atoms with E-state index >= 15 is 0 Å². The van der Waals surface area contributed by atoms with Gasteiger partial charge < -0.3 is 5.32 Å². The Hall–Kier alpha value is -2.83. The molecule has 2 aromatic heterocycles. The van der Waals surface area contributed by atoms with E-state index in [0.29, 0.717) is 5.69 Å². The Bertz CT molecular complexity index is 688. The number of carbonyl (C=O) groups excluding carboxylic acids is 1. The molecule has 1 amide bonds. The highest BCUT2D eigenvalue weighted by molar-refractivity contribution is 6.06. The first-order chi connectivity index (χ1) is 8.84. The summed E-state index contributed by atoms with van der Waals surface area (Å²) in [5.41, 5.74) is 1.33. The highest BCUT2D eigenvalue weighted by Gasteiger charge is 2.12. The van der Waals surface area contributed by atoms with Crippen molar-refractivity contribution in [3.05, 3.63) is 42.4 Å². The minimum Gasteiger partial charge on any atom is -0.317 e. The van der Waals surface area contributed by atoms with Gasteiger partial charge in [-0.3, -0.25) is 9.78 Å². The van der Waals surface area contributed by atoms with E-state index in [9.17, 15) is 4.79 Å². The summed E-state index contributed by atoms with van der Waals surface area (Å²) in [5, 5.41) is 16.4. The summed E-state index contributed by atoms with van der Waals surface area (Å²) in [6.07, 6.45) is 1.67. The molecule has 0 unspecified atom stereocenters. The van der Waals surface area contributed by atoms with E-state index in [2.05, 4.69) is 30.9 Å². The average molecular weight is 240 g/mol. The van der Waals surface area contributed by atoms with Crippen molar-refractivity contribution in [2.45, 2.75) is 0 Å². The lowest BCUT2D eigenvalue weighted by atomic mass is 10.2. The molecular weight excluding hydrogens is 232 g/mol. The molecule has 0 spiro atoms. The Labute approximate surface area is 101 Å². The summed E-state index contributed by atoms with van der Waals surface area (Å²) in [6, 6.07) is 9.30. The second-order valence-corrected chi connectivity index (χ2v) is 3.57. The van der Waals surface area contributed by atoms with Crippen LogP contribution in [-0.4, -0.2) is 31.5 Å². The predicted molar refractivity (Wildman–Crippen MR) is 63.9 cm³/mol. The number of nitrogens with zero attached hydrogens (tertiary/aromatic N) is 4. The zero-order valence-corrected chi connectivity index (χ0v) is 9.16. The van der Waals surface area contributed by atoms with Crippen LogP contribution in [0, 0.1) is 0 Å². The van der Waals surface area contributed by atoms with Crippen LogP contribution in [0.5, 0.6) is 0 Å². The molecule has 0 aliphatic heterocycles. The number of aromatic nitrogens is 5. The molecule has 0 radical (unpaired) electrons. The van der Waals surface area contributed by atoms with Crippen LogP contribution in [0.3, 0.4) is 0 Å². The van der Waals surface area contributed by atoms with Gasteiger partial charge in [0.15, 0.2) is 0 Å². The van der Waals surface area contributed by atoms with Gasteiger partial charge in [0.2, 0.25) is 0 Å². The molecule has 2 heterocycles. The normalized spacial score (nSPS) is 10.4. The number of aromatic amines is 1. The minimum absolute atomic E-state index is 0.0112. The van der Waals surface area contributed by atoms with Gasteiger partial charge in [-0.25, -0.2) is 0 Å². The van der Waals surface area contributed by atoms with Gasteiger partial charge in [-0.2, -0.15) is 5.21 Å². The monoisotopic (exact) mass is 240 g/mol. The molecule has 0 saturated heterocycles. The topological polar surface area (TPSA) is 96.5 Å². The van der Waals surface area contributed by atoms with Crippen LogP contribution in [0.25, 0.3) is 10.9 Å². The fourth-order valence-corrected chi connectivity index (χ4v) is 1.64. The minimum atomic E-state index is -0.429. The van der Waals surface area contributed by atoms with Crippen LogP contribution >= 0.6 is 0 Å². The maximum absolute atomic E-state index is 11.8. The molecule has 0 aliphatic rings. The predicted octanol–water partition coefficient (Wildman–Crippen LogP) is 1.00. The maximum Gasteiger partial charge on any atom is 0.297 e. The summed E-state index contributed by atoms with van der Waals surface area (Å²) in [7, 11) is 0. The molecule has 7 nitrogen and oxygen atoms in total. The smallest absolute Gasteiger partial charge is 0.297 e. The van der Waals surface area contributed by atoms with E-state index in [-0.39, 0.29) is 5.82 Å². The van der Waals surface area contributed by atoms with Crippen molar-refractivity contribution >= 4 is 22.5 Å². The summed E-state index contributed by atoms with van der Waals surface area (Å²) in [6.45, 7) is 0. The lowest BCUT2D eigenvalue weighted by Crippen LogP contribution is -2.14. The van der Waals surface area contributed by atoms with Gasteiger partial charge >= 0.3 is 0 Å². The van der Waals surface area contributed by atoms with Gasteiger partial charge in [-0.05, 0) is 17.3 Å². The Kier molecular flexibility index (Phi) is 2.41. The number of rotatable bonds is 2. The second-order valence-electron chi connectivity index (χ2n) is 3.57. The SMILES string of the molecule is O=C(Nc1cccc2cccnc12)c1nn[nH]n1. The Morgan fingerprint density at radius 3 is 2.94 bits per heavy atom. The summed E-state index contributed by atoms with van der Waals surface area (Å²) in [4.78, 5) is 16.0. The van der Waals surface area contributed by atoms with Gasteiger partial charge in [-0.15, -0.1) is 10.2 Å². The van der Waals surface area contributed by atoms with Crippen LogP contribution in [0.2, 0.25) is 0 Å². The van der Waals surface area contributed by atoms with E-state index in [1.165, 1.54) is 0 Å². The largest absolute Gasteiger partial charge is 0.317 e. The fraction of sp³-hybridized carbons (Fsp3) is 0. The van der Waals surface area contributed by atoms with Gasteiger partial charge in [0.05, 0.1) is 11.2 Å². The molecule has 0 fully saturated rings. The van der Waals surface area contributed by atoms with E-state index in [0.717, 1.165) is 10.9 Å². The first-order valence-corrected chi connectivity index (χ1v) is 5.23. The zero-order valence-electron chi connectivity index (χ0n) is 9.16. The Morgan fingerprint density at radius 1 is 1.22 bits per heavy atom. The quantitative estimate of drug-likeness (QED) is 0.696. The molecule has 0 saturated carbocycles. The van der Waals surface area contributed by atoms with Gasteiger partial charge in [0, 0.05) is 11.6 Å². The number of nitrogens with one attached hydrogen (secondary N) is 2. The molecule has 1 aromatic carbocycles. The third-order valence-electron chi connectivity index (χ3n) is 2.43. The van der Waals surface area contributed by atoms with E-state index in [4.69, 9.17) is 0 Å². The van der Waals surface area contributed by atoms with Crippen LogP contribution < -0.4 is 5.32 Å². The average Bonchev–Trinajstić information content (AvgIpc) is 2.93. The molecule has 88 valence electrons. The van der Waals surface area contributed by atoms with Gasteiger partial charge in [0.25, 0.3) is 11.7 Å². The molecule has 18 heavy (non-hydrogen) atoms. The van der Waals surface area contributed by atoms with Crippen molar-refractivity contribution < 1.29 is 4.79 Å². The Balaban J connectivity index is 1.98. The highest BCUT2D eigenvalue weighted by Crippen LogP contribution is 2.20. The molecule has 0 bridgehead atoms. The van der Waals surface area contributed by atoms with Crippen LogP contribution in [0.4, 0.5) is 5.69 Å². The highest BCUT2D eigenvalue weighted by atomic mass is 16.2. The first-order valence-electron chi connectivity index (χ1n) is 5.23.